The molecule has 0 atom stereocenters. The van der Waals surface area contributed by atoms with Crippen molar-refractivity contribution in [2.24, 2.45) is 5.73 Å². The number of nitrogens with one attached hydrogen (secondary N) is 1. The fourth-order valence-electron chi connectivity index (χ4n) is 0.736. The predicted molar refractivity (Wildman–Crippen MR) is 50.9 cm³/mol. The maximum Gasteiger partial charge on any atom is 0.326 e. The molecule has 0 fully saturated rings. The lowest BCUT2D eigenvalue weighted by atomic mass is 10.6. The second-order valence-corrected chi connectivity index (χ2v) is 5.29. The van der Waals surface area contributed by atoms with Gasteiger partial charge in [0, 0.05) is 6.07 Å². The Bertz CT molecular complexity index is 504. The number of sulfonamides is 1. The lowest BCUT2D eigenvalue weighted by Gasteiger charge is -1.99. The quantitative estimate of drug-likeness (QED) is 0.576. The minimum atomic E-state index is -4.08. The monoisotopic (exact) mass is 251 g/mol. The third kappa shape index (κ3) is 2.63. The molecule has 3 N–H and O–H groups in total. The second-order valence-electron chi connectivity index (χ2n) is 2.32. The summed E-state index contributed by atoms with van der Waals surface area (Å²) in [7, 11) is -4.08. The largest absolute Gasteiger partial charge is 0.351 e. The standard InChI is InChI=1S/C5H5N3O5S2/c6-5(9)7-15(12,13)4-2-1-3(14-4)8(10)11/h1-2H,(H3,6,7,9). The first-order valence-electron chi connectivity index (χ1n) is 3.39. The van der Waals surface area contributed by atoms with E-state index >= 15 is 0 Å². The first kappa shape index (κ1) is 11.4. The number of nitro groups is 1. The molecule has 8 nitrogen and oxygen atoms in total. The molecule has 0 aliphatic heterocycles. The van der Waals surface area contributed by atoms with E-state index in [2.05, 4.69) is 5.73 Å². The molecule has 10 heteroatoms. The Hall–Kier alpha value is -1.68. The van der Waals surface area contributed by atoms with E-state index in [-0.39, 0.29) is 9.21 Å². The molecule has 0 saturated carbocycles. The van der Waals surface area contributed by atoms with Gasteiger partial charge in [-0.15, -0.1) is 0 Å². The van der Waals surface area contributed by atoms with Crippen LogP contribution in [0.5, 0.6) is 0 Å². The maximum atomic E-state index is 11.3. The molecule has 0 spiro atoms. The van der Waals surface area contributed by atoms with E-state index in [9.17, 15) is 23.3 Å². The van der Waals surface area contributed by atoms with Crippen LogP contribution in [0.25, 0.3) is 0 Å². The van der Waals surface area contributed by atoms with E-state index < -0.39 is 21.0 Å². The van der Waals surface area contributed by atoms with E-state index in [4.69, 9.17) is 0 Å². The van der Waals surface area contributed by atoms with Crippen LogP contribution in [0.15, 0.2) is 16.3 Å². The lowest BCUT2D eigenvalue weighted by molar-refractivity contribution is -0.380. The van der Waals surface area contributed by atoms with E-state index in [0.29, 0.717) is 11.3 Å². The summed E-state index contributed by atoms with van der Waals surface area (Å²) in [6, 6.07) is 0.806. The predicted octanol–water partition coefficient (Wildman–Crippen LogP) is 0.0133. The van der Waals surface area contributed by atoms with Crippen molar-refractivity contribution in [3.05, 3.63) is 22.2 Å². The topological polar surface area (TPSA) is 132 Å². The van der Waals surface area contributed by atoms with Gasteiger partial charge in [0.05, 0.1) is 4.92 Å². The first-order chi connectivity index (χ1) is 6.83. The molecule has 82 valence electrons. The Morgan fingerprint density at radius 2 is 2.13 bits per heavy atom. The SMILES string of the molecule is NC(=O)NS(=O)(=O)c1ccc([N+](=O)[O-])s1. The molecule has 0 bridgehead atoms. The molecule has 0 aliphatic carbocycles. The van der Waals surface area contributed by atoms with Gasteiger partial charge in [0.25, 0.3) is 10.0 Å². The summed E-state index contributed by atoms with van der Waals surface area (Å²) < 4.78 is 23.7. The van der Waals surface area contributed by atoms with Crippen molar-refractivity contribution < 1.29 is 18.1 Å². The van der Waals surface area contributed by atoms with Crippen LogP contribution in [0, 0.1) is 10.1 Å². The minimum Gasteiger partial charge on any atom is -0.351 e. The highest BCUT2D eigenvalue weighted by atomic mass is 32.2. The molecular formula is C5H5N3O5S2. The van der Waals surface area contributed by atoms with E-state index in [1.807, 2.05) is 0 Å². The summed E-state index contributed by atoms with van der Waals surface area (Å²) >= 11 is 0.433. The molecular weight excluding hydrogens is 246 g/mol. The Labute approximate surface area is 87.9 Å². The first-order valence-corrected chi connectivity index (χ1v) is 5.69. The Balaban J connectivity index is 3.06. The Morgan fingerprint density at radius 3 is 2.53 bits per heavy atom. The highest BCUT2D eigenvalue weighted by Crippen LogP contribution is 2.27. The van der Waals surface area contributed by atoms with E-state index in [1.165, 1.54) is 4.72 Å². The van der Waals surface area contributed by atoms with Crippen LogP contribution < -0.4 is 10.5 Å². The normalized spacial score (nSPS) is 10.9. The third-order valence-corrected chi connectivity index (χ3v) is 4.12. The van der Waals surface area contributed by atoms with Crippen LogP contribution in [-0.4, -0.2) is 19.4 Å². The van der Waals surface area contributed by atoms with Gasteiger partial charge < -0.3 is 5.73 Å². The molecule has 1 rings (SSSR count). The van der Waals surface area contributed by atoms with Gasteiger partial charge in [-0.3, -0.25) is 10.1 Å². The molecule has 0 unspecified atom stereocenters. The van der Waals surface area contributed by atoms with Gasteiger partial charge in [0.1, 0.15) is 4.21 Å². The molecule has 0 radical (unpaired) electrons. The van der Waals surface area contributed by atoms with Crippen molar-refractivity contribution in [1.29, 1.82) is 0 Å². The summed E-state index contributed by atoms with van der Waals surface area (Å²) in [5, 5.41) is 9.94. The highest BCUT2D eigenvalue weighted by molar-refractivity contribution is 7.92. The molecule has 1 aromatic rings. The zero-order chi connectivity index (χ0) is 11.6. The Kier molecular flexibility index (Phi) is 2.90. The number of hydrogen-bond acceptors (Lipinski definition) is 6. The van der Waals surface area contributed by atoms with Gasteiger partial charge in [0.15, 0.2) is 0 Å². The number of nitrogens with zero attached hydrogens (tertiary/aromatic N) is 1. The summed E-state index contributed by atoms with van der Waals surface area (Å²) in [5.41, 5.74) is 4.62. The second kappa shape index (κ2) is 3.82. The number of primary amides is 1. The summed E-state index contributed by atoms with van der Waals surface area (Å²) in [4.78, 5) is 19.9. The van der Waals surface area contributed by atoms with Gasteiger partial charge in [-0.05, 0) is 17.4 Å². The molecule has 1 aromatic heterocycles. The number of carbonyl (C=O) groups is 1. The van der Waals surface area contributed by atoms with Gasteiger partial charge in [-0.2, -0.15) is 0 Å². The average molecular weight is 251 g/mol. The smallest absolute Gasteiger partial charge is 0.326 e. The van der Waals surface area contributed by atoms with Crippen LogP contribution in [0.2, 0.25) is 0 Å². The number of amides is 2. The van der Waals surface area contributed by atoms with Gasteiger partial charge in [0.2, 0.25) is 0 Å². The number of thiophene rings is 1. The molecule has 0 aromatic carbocycles. The minimum absolute atomic E-state index is 0.333. The van der Waals surface area contributed by atoms with Crippen LogP contribution in [0.4, 0.5) is 9.80 Å². The molecule has 1 heterocycles. The molecule has 2 amide bonds. The van der Waals surface area contributed by atoms with Crippen LogP contribution in [0.1, 0.15) is 0 Å². The fourth-order valence-corrected chi connectivity index (χ4v) is 2.72. The number of nitrogens with two attached hydrogens (primary N) is 1. The third-order valence-electron chi connectivity index (χ3n) is 1.25. The zero-order valence-corrected chi connectivity index (χ0v) is 8.67. The van der Waals surface area contributed by atoms with Crippen LogP contribution in [-0.2, 0) is 10.0 Å². The van der Waals surface area contributed by atoms with Crippen molar-refractivity contribution in [2.45, 2.75) is 4.21 Å². The van der Waals surface area contributed by atoms with Gasteiger partial charge >= 0.3 is 11.0 Å². The van der Waals surface area contributed by atoms with Crippen molar-refractivity contribution in [1.82, 2.24) is 4.72 Å². The summed E-state index contributed by atoms with van der Waals surface area (Å²) in [6.45, 7) is 0. The van der Waals surface area contributed by atoms with Crippen molar-refractivity contribution in [2.75, 3.05) is 0 Å². The van der Waals surface area contributed by atoms with E-state index in [1.54, 1.807) is 0 Å². The number of hydrogen-bond donors (Lipinski definition) is 2. The van der Waals surface area contributed by atoms with Gasteiger partial charge in [-0.1, -0.05) is 0 Å². The van der Waals surface area contributed by atoms with Crippen molar-refractivity contribution in [3.63, 3.8) is 0 Å². The fraction of sp³-hybridized carbons (Fsp3) is 0. The van der Waals surface area contributed by atoms with Gasteiger partial charge in [-0.25, -0.2) is 17.9 Å². The molecule has 15 heavy (non-hydrogen) atoms. The zero-order valence-electron chi connectivity index (χ0n) is 7.04. The Morgan fingerprint density at radius 1 is 1.53 bits per heavy atom. The lowest BCUT2D eigenvalue weighted by Crippen LogP contribution is -2.34. The van der Waals surface area contributed by atoms with Crippen molar-refractivity contribution >= 4 is 32.4 Å². The van der Waals surface area contributed by atoms with E-state index in [0.717, 1.165) is 12.1 Å². The molecule has 0 aliphatic rings. The highest BCUT2D eigenvalue weighted by Gasteiger charge is 2.21. The van der Waals surface area contributed by atoms with Crippen LogP contribution in [0.3, 0.4) is 0 Å². The van der Waals surface area contributed by atoms with Crippen LogP contribution >= 0.6 is 11.3 Å². The average Bonchev–Trinajstić information content (AvgIpc) is 2.48. The summed E-state index contributed by atoms with van der Waals surface area (Å²) in [5.74, 6) is 0. The van der Waals surface area contributed by atoms with Crippen molar-refractivity contribution in [3.8, 4) is 0 Å². The summed E-state index contributed by atoms with van der Waals surface area (Å²) in [6.07, 6.45) is 0. The molecule has 0 saturated heterocycles. The maximum absolute atomic E-state index is 11.3. The number of rotatable bonds is 3. The number of urea groups is 1. The number of carbonyl (C=O) groups excluding carboxylic acids is 1.